The van der Waals surface area contributed by atoms with Crippen LogP contribution in [0.5, 0.6) is 0 Å². The molecule has 0 saturated heterocycles. The van der Waals surface area contributed by atoms with Crippen LogP contribution in [-0.2, 0) is 10.0 Å². The number of hydrogen-bond donors (Lipinski definition) is 3. The lowest BCUT2D eigenvalue weighted by Crippen LogP contribution is -2.18. The summed E-state index contributed by atoms with van der Waals surface area (Å²) in [6, 6.07) is 8.91. The SMILES string of the molecule is CNS(=O)(=O)c1ccc(N)c(Nc2ccc(C)cc2F)c1. The second-order valence-corrected chi connectivity index (χ2v) is 6.45. The predicted octanol–water partition coefficient (Wildman–Crippen LogP) is 2.37. The molecule has 2 aromatic rings. The summed E-state index contributed by atoms with van der Waals surface area (Å²) in [5.74, 6) is -0.434. The van der Waals surface area contributed by atoms with Crippen molar-refractivity contribution < 1.29 is 12.8 Å². The standard InChI is InChI=1S/C14H16FN3O2S/c1-9-3-6-13(11(15)7-9)18-14-8-10(4-5-12(14)16)21(19,20)17-2/h3-8,17-18H,16H2,1-2H3. The van der Waals surface area contributed by atoms with Crippen molar-refractivity contribution in [3.63, 3.8) is 0 Å². The van der Waals surface area contributed by atoms with Crippen LogP contribution in [0.15, 0.2) is 41.3 Å². The van der Waals surface area contributed by atoms with Gasteiger partial charge in [-0.15, -0.1) is 0 Å². The highest BCUT2D eigenvalue weighted by atomic mass is 32.2. The number of nitrogens with one attached hydrogen (secondary N) is 2. The van der Waals surface area contributed by atoms with E-state index in [1.165, 1.54) is 31.3 Å². The van der Waals surface area contributed by atoms with Crippen LogP contribution in [0, 0.1) is 12.7 Å². The van der Waals surface area contributed by atoms with Crippen molar-refractivity contribution in [2.75, 3.05) is 18.1 Å². The maximum absolute atomic E-state index is 13.8. The van der Waals surface area contributed by atoms with Crippen molar-refractivity contribution in [2.45, 2.75) is 11.8 Å². The number of halogens is 1. The molecule has 0 bridgehead atoms. The molecule has 2 rings (SSSR count). The third-order valence-electron chi connectivity index (χ3n) is 3.00. The first-order valence-electron chi connectivity index (χ1n) is 6.20. The van der Waals surface area contributed by atoms with E-state index in [0.717, 1.165) is 5.56 Å². The van der Waals surface area contributed by atoms with Crippen LogP contribution in [0.1, 0.15) is 5.56 Å². The van der Waals surface area contributed by atoms with Crippen molar-refractivity contribution >= 4 is 27.1 Å². The largest absolute Gasteiger partial charge is 0.397 e. The fraction of sp³-hybridized carbons (Fsp3) is 0.143. The Morgan fingerprint density at radius 3 is 2.43 bits per heavy atom. The van der Waals surface area contributed by atoms with Gasteiger partial charge >= 0.3 is 0 Å². The Labute approximate surface area is 123 Å². The Hall–Kier alpha value is -2.12. The van der Waals surface area contributed by atoms with Gasteiger partial charge in [0.25, 0.3) is 0 Å². The summed E-state index contributed by atoms with van der Waals surface area (Å²) in [7, 11) is -2.27. The van der Waals surface area contributed by atoms with E-state index in [9.17, 15) is 12.8 Å². The summed E-state index contributed by atoms with van der Waals surface area (Å²) in [4.78, 5) is 0.0502. The smallest absolute Gasteiger partial charge is 0.240 e. The van der Waals surface area contributed by atoms with Crippen LogP contribution < -0.4 is 15.8 Å². The number of benzene rings is 2. The molecule has 112 valence electrons. The van der Waals surface area contributed by atoms with Gasteiger partial charge in [0.2, 0.25) is 10.0 Å². The van der Waals surface area contributed by atoms with Crippen LogP contribution in [0.25, 0.3) is 0 Å². The van der Waals surface area contributed by atoms with Gasteiger partial charge < -0.3 is 11.1 Å². The summed E-state index contributed by atoms with van der Waals surface area (Å²) in [6.07, 6.45) is 0. The number of sulfonamides is 1. The van der Waals surface area contributed by atoms with Crippen LogP contribution in [0.2, 0.25) is 0 Å². The van der Waals surface area contributed by atoms with E-state index in [4.69, 9.17) is 5.73 Å². The molecule has 0 unspecified atom stereocenters. The monoisotopic (exact) mass is 309 g/mol. The van der Waals surface area contributed by atoms with E-state index in [-0.39, 0.29) is 10.6 Å². The van der Waals surface area contributed by atoms with Gasteiger partial charge in [0.15, 0.2) is 0 Å². The van der Waals surface area contributed by atoms with Crippen molar-refractivity contribution in [2.24, 2.45) is 0 Å². The molecule has 0 spiro atoms. The van der Waals surface area contributed by atoms with Crippen molar-refractivity contribution in [3.05, 3.63) is 47.8 Å². The summed E-state index contributed by atoms with van der Waals surface area (Å²) < 4.78 is 39.6. The molecule has 0 heterocycles. The highest BCUT2D eigenvalue weighted by Crippen LogP contribution is 2.27. The van der Waals surface area contributed by atoms with E-state index >= 15 is 0 Å². The van der Waals surface area contributed by atoms with Gasteiger partial charge in [-0.2, -0.15) is 0 Å². The van der Waals surface area contributed by atoms with Crippen LogP contribution in [-0.4, -0.2) is 15.5 Å². The van der Waals surface area contributed by atoms with Crippen molar-refractivity contribution in [1.82, 2.24) is 4.72 Å². The van der Waals surface area contributed by atoms with Crippen LogP contribution >= 0.6 is 0 Å². The Bertz CT molecular complexity index is 776. The first kappa shape index (κ1) is 15.3. The zero-order valence-corrected chi connectivity index (χ0v) is 12.5. The van der Waals surface area contributed by atoms with Gasteiger partial charge in [-0.1, -0.05) is 6.07 Å². The summed E-state index contributed by atoms with van der Waals surface area (Å²) in [6.45, 7) is 1.78. The number of nitrogens with two attached hydrogens (primary N) is 1. The number of rotatable bonds is 4. The normalized spacial score (nSPS) is 11.4. The van der Waals surface area contributed by atoms with Gasteiger partial charge in [0.1, 0.15) is 5.82 Å². The number of anilines is 3. The molecular weight excluding hydrogens is 293 g/mol. The quantitative estimate of drug-likeness (QED) is 0.757. The molecule has 0 aliphatic heterocycles. The number of hydrogen-bond acceptors (Lipinski definition) is 4. The molecule has 0 aliphatic rings. The van der Waals surface area contributed by atoms with E-state index in [1.54, 1.807) is 19.1 Å². The molecule has 0 aromatic heterocycles. The molecule has 0 saturated carbocycles. The minimum absolute atomic E-state index is 0.0502. The molecule has 0 fully saturated rings. The fourth-order valence-corrected chi connectivity index (χ4v) is 2.55. The molecule has 4 N–H and O–H groups in total. The first-order chi connectivity index (χ1) is 9.83. The van der Waals surface area contributed by atoms with E-state index in [1.807, 2.05) is 0 Å². The first-order valence-corrected chi connectivity index (χ1v) is 7.68. The third-order valence-corrected chi connectivity index (χ3v) is 4.41. The second-order valence-electron chi connectivity index (χ2n) is 4.56. The average molecular weight is 309 g/mol. The Kier molecular flexibility index (Phi) is 4.15. The third kappa shape index (κ3) is 3.32. The van der Waals surface area contributed by atoms with Crippen LogP contribution in [0.3, 0.4) is 0 Å². The zero-order chi connectivity index (χ0) is 15.6. The topological polar surface area (TPSA) is 84.2 Å². The van der Waals surface area contributed by atoms with Gasteiger partial charge in [0, 0.05) is 0 Å². The van der Waals surface area contributed by atoms with Crippen molar-refractivity contribution in [3.8, 4) is 0 Å². The highest BCUT2D eigenvalue weighted by Gasteiger charge is 2.14. The number of aryl methyl sites for hydroxylation is 1. The molecular formula is C14H16FN3O2S. The molecule has 0 atom stereocenters. The van der Waals surface area contributed by atoms with E-state index in [0.29, 0.717) is 11.4 Å². The molecule has 0 radical (unpaired) electrons. The Morgan fingerprint density at radius 1 is 1.10 bits per heavy atom. The minimum Gasteiger partial charge on any atom is -0.397 e. The summed E-state index contributed by atoms with van der Waals surface area (Å²) in [5, 5.41) is 2.81. The molecule has 0 aliphatic carbocycles. The maximum Gasteiger partial charge on any atom is 0.240 e. The Balaban J connectivity index is 2.42. The lowest BCUT2D eigenvalue weighted by atomic mass is 10.2. The van der Waals surface area contributed by atoms with Crippen molar-refractivity contribution in [1.29, 1.82) is 0 Å². The lowest BCUT2D eigenvalue weighted by molar-refractivity contribution is 0.588. The predicted molar refractivity (Wildman–Crippen MR) is 81.5 cm³/mol. The molecule has 7 heteroatoms. The fourth-order valence-electron chi connectivity index (χ4n) is 1.80. The van der Waals surface area contributed by atoms with E-state index in [2.05, 4.69) is 10.0 Å². The molecule has 21 heavy (non-hydrogen) atoms. The maximum atomic E-state index is 13.8. The zero-order valence-electron chi connectivity index (χ0n) is 11.6. The second kappa shape index (κ2) is 5.71. The van der Waals surface area contributed by atoms with E-state index < -0.39 is 15.8 Å². The lowest BCUT2D eigenvalue weighted by Gasteiger charge is -2.12. The Morgan fingerprint density at radius 2 is 1.81 bits per heavy atom. The molecule has 5 nitrogen and oxygen atoms in total. The highest BCUT2D eigenvalue weighted by molar-refractivity contribution is 7.89. The molecule has 2 aromatic carbocycles. The number of nitrogen functional groups attached to an aromatic ring is 1. The summed E-state index contributed by atoms with van der Waals surface area (Å²) in [5.41, 5.74) is 7.47. The van der Waals surface area contributed by atoms with Gasteiger partial charge in [-0.05, 0) is 49.9 Å². The van der Waals surface area contributed by atoms with Gasteiger partial charge in [-0.25, -0.2) is 17.5 Å². The van der Waals surface area contributed by atoms with Gasteiger partial charge in [-0.3, -0.25) is 0 Å². The summed E-state index contributed by atoms with van der Waals surface area (Å²) >= 11 is 0. The minimum atomic E-state index is -3.59. The van der Waals surface area contributed by atoms with Crippen LogP contribution in [0.4, 0.5) is 21.5 Å². The molecule has 0 amide bonds. The van der Waals surface area contributed by atoms with Gasteiger partial charge in [0.05, 0.1) is 22.0 Å². The average Bonchev–Trinajstić information content (AvgIpc) is 2.43.